The Kier molecular flexibility index (Phi) is 4.42. The summed E-state index contributed by atoms with van der Waals surface area (Å²) in [7, 11) is 0. The summed E-state index contributed by atoms with van der Waals surface area (Å²) in [5, 5.41) is 11.9. The highest BCUT2D eigenvalue weighted by Gasteiger charge is 2.38. The third kappa shape index (κ3) is 3.00. The van der Waals surface area contributed by atoms with Crippen molar-refractivity contribution in [2.24, 2.45) is 5.41 Å². The number of rotatable bonds is 5. The zero-order valence-corrected chi connectivity index (χ0v) is 11.8. The Morgan fingerprint density at radius 1 is 1.30 bits per heavy atom. The van der Waals surface area contributed by atoms with Gasteiger partial charge in [-0.25, -0.2) is 4.79 Å². The average molecular weight is 275 g/mol. The smallest absolute Gasteiger partial charge is 0.335 e. The average Bonchev–Trinajstić information content (AvgIpc) is 2.95. The number of benzene rings is 1. The predicted molar refractivity (Wildman–Crippen MR) is 76.4 cm³/mol. The van der Waals surface area contributed by atoms with Crippen LogP contribution in [0.25, 0.3) is 0 Å². The van der Waals surface area contributed by atoms with Gasteiger partial charge in [0, 0.05) is 12.0 Å². The maximum absolute atomic E-state index is 12.4. The standard InChI is InChI=1S/C16H21NO3/c1-2-16(8-3-4-9-16)15(20)17-11-12-6-5-7-13(10-12)14(18)19/h5-7,10H,2-4,8-9,11H2,1H3,(H,17,20)(H,18,19). The van der Waals surface area contributed by atoms with E-state index in [1.807, 2.05) is 6.07 Å². The summed E-state index contributed by atoms with van der Waals surface area (Å²) in [6.45, 7) is 2.46. The Bertz CT molecular complexity index is 504. The Hall–Kier alpha value is -1.84. The molecule has 4 heteroatoms. The summed E-state index contributed by atoms with van der Waals surface area (Å²) >= 11 is 0. The fourth-order valence-electron chi connectivity index (χ4n) is 2.98. The number of carbonyl (C=O) groups is 2. The van der Waals surface area contributed by atoms with Crippen LogP contribution in [0.2, 0.25) is 0 Å². The van der Waals surface area contributed by atoms with E-state index in [4.69, 9.17) is 5.11 Å². The number of carboxylic acid groups (broad SMARTS) is 1. The van der Waals surface area contributed by atoms with E-state index in [0.717, 1.165) is 37.7 Å². The third-order valence-electron chi connectivity index (χ3n) is 4.35. The minimum atomic E-state index is -0.945. The molecule has 1 aliphatic carbocycles. The first-order valence-electron chi connectivity index (χ1n) is 7.18. The first-order valence-corrected chi connectivity index (χ1v) is 7.18. The SMILES string of the molecule is CCC1(C(=O)NCc2cccc(C(=O)O)c2)CCCC1. The van der Waals surface area contributed by atoms with Crippen molar-refractivity contribution in [3.05, 3.63) is 35.4 Å². The van der Waals surface area contributed by atoms with Gasteiger partial charge in [0.25, 0.3) is 0 Å². The molecule has 0 radical (unpaired) electrons. The van der Waals surface area contributed by atoms with Crippen LogP contribution in [0.1, 0.15) is 54.9 Å². The summed E-state index contributed by atoms with van der Waals surface area (Å²) in [6, 6.07) is 6.70. The van der Waals surface area contributed by atoms with E-state index in [2.05, 4.69) is 12.2 Å². The number of hydrogen-bond donors (Lipinski definition) is 2. The second kappa shape index (κ2) is 6.07. The fourth-order valence-corrected chi connectivity index (χ4v) is 2.98. The van der Waals surface area contributed by atoms with E-state index in [9.17, 15) is 9.59 Å². The quantitative estimate of drug-likeness (QED) is 0.868. The van der Waals surface area contributed by atoms with Gasteiger partial charge in [0.2, 0.25) is 5.91 Å². The van der Waals surface area contributed by atoms with E-state index >= 15 is 0 Å². The lowest BCUT2D eigenvalue weighted by molar-refractivity contribution is -0.131. The molecule has 0 spiro atoms. The number of aromatic carboxylic acids is 1. The molecule has 0 unspecified atom stereocenters. The molecule has 0 saturated heterocycles. The van der Waals surface area contributed by atoms with Gasteiger partial charge in [-0.2, -0.15) is 0 Å². The van der Waals surface area contributed by atoms with Gasteiger partial charge in [-0.1, -0.05) is 31.9 Å². The first kappa shape index (κ1) is 14.6. The van der Waals surface area contributed by atoms with Crippen molar-refractivity contribution in [3.8, 4) is 0 Å². The van der Waals surface area contributed by atoms with Crippen molar-refractivity contribution in [3.63, 3.8) is 0 Å². The van der Waals surface area contributed by atoms with E-state index in [1.165, 1.54) is 0 Å². The molecule has 0 aromatic heterocycles. The van der Waals surface area contributed by atoms with Crippen LogP contribution in [0.4, 0.5) is 0 Å². The minimum Gasteiger partial charge on any atom is -0.478 e. The van der Waals surface area contributed by atoms with Gasteiger partial charge >= 0.3 is 5.97 Å². The number of hydrogen-bond acceptors (Lipinski definition) is 2. The molecule has 20 heavy (non-hydrogen) atoms. The predicted octanol–water partition coefficient (Wildman–Crippen LogP) is 2.97. The van der Waals surface area contributed by atoms with Gasteiger partial charge < -0.3 is 10.4 Å². The molecule has 0 bridgehead atoms. The molecule has 1 aliphatic rings. The van der Waals surface area contributed by atoms with Crippen molar-refractivity contribution >= 4 is 11.9 Å². The number of carbonyl (C=O) groups excluding carboxylic acids is 1. The highest BCUT2D eigenvalue weighted by molar-refractivity contribution is 5.87. The van der Waals surface area contributed by atoms with E-state index < -0.39 is 5.97 Å². The molecule has 2 N–H and O–H groups in total. The highest BCUT2D eigenvalue weighted by atomic mass is 16.4. The molecule has 1 aromatic carbocycles. The van der Waals surface area contributed by atoms with Crippen LogP contribution >= 0.6 is 0 Å². The topological polar surface area (TPSA) is 66.4 Å². The fraction of sp³-hybridized carbons (Fsp3) is 0.500. The Balaban J connectivity index is 1.99. The second-order valence-corrected chi connectivity index (χ2v) is 5.53. The van der Waals surface area contributed by atoms with Crippen LogP contribution in [0, 0.1) is 5.41 Å². The maximum atomic E-state index is 12.4. The van der Waals surface area contributed by atoms with Crippen LogP contribution in [0.15, 0.2) is 24.3 Å². The second-order valence-electron chi connectivity index (χ2n) is 5.53. The van der Waals surface area contributed by atoms with Crippen molar-refractivity contribution in [1.29, 1.82) is 0 Å². The number of nitrogens with one attached hydrogen (secondary N) is 1. The summed E-state index contributed by atoms with van der Waals surface area (Å²) in [4.78, 5) is 23.3. The van der Waals surface area contributed by atoms with E-state index in [-0.39, 0.29) is 16.9 Å². The number of amides is 1. The lowest BCUT2D eigenvalue weighted by atomic mass is 9.82. The van der Waals surface area contributed by atoms with Crippen LogP contribution in [-0.2, 0) is 11.3 Å². The van der Waals surface area contributed by atoms with Crippen molar-refractivity contribution in [2.75, 3.05) is 0 Å². The zero-order valence-electron chi connectivity index (χ0n) is 11.8. The first-order chi connectivity index (χ1) is 9.57. The van der Waals surface area contributed by atoms with Crippen LogP contribution in [0.3, 0.4) is 0 Å². The maximum Gasteiger partial charge on any atom is 0.335 e. The van der Waals surface area contributed by atoms with Gasteiger partial charge in [-0.05, 0) is 37.0 Å². The lowest BCUT2D eigenvalue weighted by Crippen LogP contribution is -2.38. The molecular weight excluding hydrogens is 254 g/mol. The van der Waals surface area contributed by atoms with Crippen LogP contribution < -0.4 is 5.32 Å². The molecule has 1 amide bonds. The Morgan fingerprint density at radius 3 is 2.60 bits per heavy atom. The molecule has 0 heterocycles. The molecule has 0 atom stereocenters. The largest absolute Gasteiger partial charge is 0.478 e. The van der Waals surface area contributed by atoms with Crippen molar-refractivity contribution in [2.45, 2.75) is 45.6 Å². The van der Waals surface area contributed by atoms with E-state index in [0.29, 0.717) is 6.54 Å². The molecule has 4 nitrogen and oxygen atoms in total. The summed E-state index contributed by atoms with van der Waals surface area (Å²) < 4.78 is 0. The Morgan fingerprint density at radius 2 is 2.00 bits per heavy atom. The summed E-state index contributed by atoms with van der Waals surface area (Å²) in [6.07, 6.45) is 5.04. The molecular formula is C16H21NO3. The zero-order chi connectivity index (χ0) is 14.6. The van der Waals surface area contributed by atoms with Gasteiger partial charge in [0.15, 0.2) is 0 Å². The van der Waals surface area contributed by atoms with Gasteiger partial charge in [-0.15, -0.1) is 0 Å². The molecule has 2 rings (SSSR count). The molecule has 1 saturated carbocycles. The summed E-state index contributed by atoms with van der Waals surface area (Å²) in [5.41, 5.74) is 0.870. The van der Waals surface area contributed by atoms with Crippen LogP contribution in [-0.4, -0.2) is 17.0 Å². The molecule has 1 fully saturated rings. The molecule has 108 valence electrons. The van der Waals surface area contributed by atoms with Gasteiger partial charge in [0.05, 0.1) is 5.56 Å². The lowest BCUT2D eigenvalue weighted by Gasteiger charge is -2.26. The van der Waals surface area contributed by atoms with Crippen LogP contribution in [0.5, 0.6) is 0 Å². The number of carboxylic acids is 1. The van der Waals surface area contributed by atoms with Crippen molar-refractivity contribution < 1.29 is 14.7 Å². The molecule has 0 aliphatic heterocycles. The van der Waals surface area contributed by atoms with Crippen molar-refractivity contribution in [1.82, 2.24) is 5.32 Å². The Labute approximate surface area is 119 Å². The minimum absolute atomic E-state index is 0.109. The highest BCUT2D eigenvalue weighted by Crippen LogP contribution is 2.41. The van der Waals surface area contributed by atoms with Gasteiger partial charge in [-0.3, -0.25) is 4.79 Å². The molecule has 1 aromatic rings. The monoisotopic (exact) mass is 275 g/mol. The van der Waals surface area contributed by atoms with E-state index in [1.54, 1.807) is 18.2 Å². The normalized spacial score (nSPS) is 16.9. The third-order valence-corrected chi connectivity index (χ3v) is 4.35. The van der Waals surface area contributed by atoms with Gasteiger partial charge in [0.1, 0.15) is 0 Å². The summed E-state index contributed by atoms with van der Waals surface area (Å²) in [5.74, 6) is -0.836.